The molecular weight excluding hydrogens is 308 g/mol. The summed E-state index contributed by atoms with van der Waals surface area (Å²) in [4.78, 5) is 14.1. The number of ether oxygens (including phenoxy) is 1. The first-order valence-electron chi connectivity index (χ1n) is 8.03. The number of benzene rings is 1. The first kappa shape index (κ1) is 16.2. The highest BCUT2D eigenvalue weighted by Gasteiger charge is 2.25. The van der Waals surface area contributed by atoms with Gasteiger partial charge in [-0.15, -0.1) is 0 Å². The number of amides is 2. The quantitative estimate of drug-likeness (QED) is 0.897. The topological polar surface area (TPSA) is 93.6 Å². The molecule has 0 saturated carbocycles. The lowest BCUT2D eigenvalue weighted by Gasteiger charge is -2.31. The van der Waals surface area contributed by atoms with Crippen molar-refractivity contribution in [2.45, 2.75) is 25.3 Å². The fraction of sp³-hybridized carbons (Fsp3) is 0.412. The summed E-state index contributed by atoms with van der Waals surface area (Å²) in [7, 11) is 1.63. The number of aromatic nitrogens is 1. The van der Waals surface area contributed by atoms with E-state index in [1.54, 1.807) is 13.2 Å². The lowest BCUT2D eigenvalue weighted by molar-refractivity contribution is 0.180. The zero-order chi connectivity index (χ0) is 16.9. The smallest absolute Gasteiger partial charge is 0.317 e. The summed E-state index contributed by atoms with van der Waals surface area (Å²) in [5.41, 5.74) is 7.48. The van der Waals surface area contributed by atoms with Crippen molar-refractivity contribution in [2.75, 3.05) is 25.9 Å². The molecule has 128 valence electrons. The lowest BCUT2D eigenvalue weighted by Crippen LogP contribution is -2.43. The zero-order valence-electron chi connectivity index (χ0n) is 13.7. The van der Waals surface area contributed by atoms with Crippen LogP contribution in [0.4, 0.5) is 10.7 Å². The van der Waals surface area contributed by atoms with E-state index in [1.807, 2.05) is 29.2 Å². The predicted octanol–water partition coefficient (Wildman–Crippen LogP) is 2.35. The molecule has 1 saturated heterocycles. The van der Waals surface area contributed by atoms with E-state index >= 15 is 0 Å². The minimum Gasteiger partial charge on any atom is -0.497 e. The van der Waals surface area contributed by atoms with Crippen LogP contribution in [0.25, 0.3) is 0 Å². The summed E-state index contributed by atoms with van der Waals surface area (Å²) in [5, 5.41) is 6.93. The summed E-state index contributed by atoms with van der Waals surface area (Å²) in [6.45, 7) is 1.90. The number of likely N-dealkylation sites (tertiary alicyclic amines) is 1. The number of nitrogens with zero attached hydrogens (tertiary/aromatic N) is 2. The fourth-order valence-electron chi connectivity index (χ4n) is 2.91. The van der Waals surface area contributed by atoms with Crippen molar-refractivity contribution in [3.8, 4) is 5.75 Å². The van der Waals surface area contributed by atoms with E-state index in [1.165, 1.54) is 0 Å². The molecule has 7 heteroatoms. The number of carbonyl (C=O) groups is 1. The first-order valence-corrected chi connectivity index (χ1v) is 8.03. The van der Waals surface area contributed by atoms with Gasteiger partial charge in [0.15, 0.2) is 0 Å². The number of urea groups is 1. The molecular formula is C17H22N4O3. The fourth-order valence-corrected chi connectivity index (χ4v) is 2.91. The molecule has 0 unspecified atom stereocenters. The number of carbonyl (C=O) groups excluding carboxylic acids is 1. The van der Waals surface area contributed by atoms with Crippen LogP contribution in [0.5, 0.6) is 5.75 Å². The third kappa shape index (κ3) is 3.79. The van der Waals surface area contributed by atoms with Crippen molar-refractivity contribution in [3.05, 3.63) is 41.6 Å². The van der Waals surface area contributed by atoms with E-state index in [9.17, 15) is 4.79 Å². The maximum Gasteiger partial charge on any atom is 0.317 e. The van der Waals surface area contributed by atoms with Crippen LogP contribution < -0.4 is 15.8 Å². The molecule has 0 spiro atoms. The van der Waals surface area contributed by atoms with Gasteiger partial charge in [-0.25, -0.2) is 4.79 Å². The van der Waals surface area contributed by atoms with Crippen LogP contribution in [-0.2, 0) is 6.54 Å². The van der Waals surface area contributed by atoms with E-state index in [2.05, 4.69) is 10.5 Å². The number of hydrogen-bond acceptors (Lipinski definition) is 5. The van der Waals surface area contributed by atoms with Crippen LogP contribution in [0.1, 0.15) is 30.0 Å². The minimum atomic E-state index is -0.0380. The molecule has 1 aromatic carbocycles. The number of nitrogens with two attached hydrogens (primary N) is 1. The minimum absolute atomic E-state index is 0.0380. The lowest BCUT2D eigenvalue weighted by atomic mass is 9.94. The monoisotopic (exact) mass is 330 g/mol. The van der Waals surface area contributed by atoms with E-state index in [-0.39, 0.29) is 6.03 Å². The third-order valence-electron chi connectivity index (χ3n) is 4.35. The Morgan fingerprint density at radius 3 is 2.67 bits per heavy atom. The molecule has 24 heavy (non-hydrogen) atoms. The van der Waals surface area contributed by atoms with Crippen molar-refractivity contribution in [1.29, 1.82) is 0 Å². The molecule has 2 amide bonds. The van der Waals surface area contributed by atoms with Crippen molar-refractivity contribution in [1.82, 2.24) is 15.4 Å². The average molecular weight is 330 g/mol. The van der Waals surface area contributed by atoms with Crippen molar-refractivity contribution < 1.29 is 14.1 Å². The number of nitrogens with one attached hydrogen (secondary N) is 1. The number of piperidine rings is 1. The predicted molar refractivity (Wildman–Crippen MR) is 89.7 cm³/mol. The van der Waals surface area contributed by atoms with Gasteiger partial charge in [-0.2, -0.15) is 0 Å². The van der Waals surface area contributed by atoms with E-state index in [0.717, 1.165) is 29.8 Å². The first-order chi connectivity index (χ1) is 11.7. The second-order valence-electron chi connectivity index (χ2n) is 5.92. The van der Waals surface area contributed by atoms with Gasteiger partial charge in [0.25, 0.3) is 0 Å². The van der Waals surface area contributed by atoms with E-state index in [4.69, 9.17) is 15.0 Å². The Labute approximate surface area is 140 Å². The molecule has 1 aliphatic rings. The summed E-state index contributed by atoms with van der Waals surface area (Å²) in [5.74, 6) is 1.45. The second kappa shape index (κ2) is 7.25. The van der Waals surface area contributed by atoms with Crippen LogP contribution in [0, 0.1) is 0 Å². The molecule has 0 radical (unpaired) electrons. The van der Waals surface area contributed by atoms with Gasteiger partial charge >= 0.3 is 6.03 Å². The van der Waals surface area contributed by atoms with Crippen LogP contribution in [-0.4, -0.2) is 36.3 Å². The van der Waals surface area contributed by atoms with Crippen molar-refractivity contribution >= 4 is 11.9 Å². The molecule has 0 aliphatic carbocycles. The van der Waals surface area contributed by atoms with Gasteiger partial charge in [0.1, 0.15) is 5.75 Å². The number of nitrogen functional groups attached to an aromatic ring is 1. The van der Waals surface area contributed by atoms with E-state index in [0.29, 0.717) is 31.4 Å². The normalized spacial score (nSPS) is 15.3. The summed E-state index contributed by atoms with van der Waals surface area (Å²) >= 11 is 0. The van der Waals surface area contributed by atoms with Crippen molar-refractivity contribution in [2.24, 2.45) is 0 Å². The summed E-state index contributed by atoms with van der Waals surface area (Å²) < 4.78 is 10.0. The van der Waals surface area contributed by atoms with Crippen LogP contribution in [0.15, 0.2) is 34.9 Å². The molecule has 0 bridgehead atoms. The number of hydrogen-bond donors (Lipinski definition) is 2. The molecule has 3 N–H and O–H groups in total. The van der Waals surface area contributed by atoms with Gasteiger partial charge in [-0.05, 0) is 30.5 Å². The maximum atomic E-state index is 12.3. The van der Waals surface area contributed by atoms with Gasteiger partial charge < -0.3 is 25.2 Å². The third-order valence-corrected chi connectivity index (χ3v) is 4.35. The van der Waals surface area contributed by atoms with Crippen LogP contribution in [0.2, 0.25) is 0 Å². The number of rotatable bonds is 4. The highest BCUT2D eigenvalue weighted by atomic mass is 16.5. The SMILES string of the molecule is COc1ccc(CNC(=O)N2CCC(c3cc(N)on3)CC2)cc1. The highest BCUT2D eigenvalue weighted by Crippen LogP contribution is 2.28. The zero-order valence-corrected chi connectivity index (χ0v) is 13.7. The Balaban J connectivity index is 1.46. The molecule has 3 rings (SSSR count). The Morgan fingerprint density at radius 2 is 2.08 bits per heavy atom. The van der Waals surface area contributed by atoms with Gasteiger partial charge in [-0.3, -0.25) is 0 Å². The van der Waals surface area contributed by atoms with Crippen LogP contribution >= 0.6 is 0 Å². The summed E-state index contributed by atoms with van der Waals surface area (Å²) in [6, 6.07) is 9.39. The summed E-state index contributed by atoms with van der Waals surface area (Å²) in [6.07, 6.45) is 1.73. The molecule has 1 aromatic heterocycles. The number of anilines is 1. The second-order valence-corrected chi connectivity index (χ2v) is 5.92. The molecule has 7 nitrogen and oxygen atoms in total. The van der Waals surface area contributed by atoms with Gasteiger partial charge in [-0.1, -0.05) is 17.3 Å². The molecule has 0 atom stereocenters. The molecule has 1 aliphatic heterocycles. The molecule has 2 aromatic rings. The Hall–Kier alpha value is -2.70. The molecule has 2 heterocycles. The highest BCUT2D eigenvalue weighted by molar-refractivity contribution is 5.74. The van der Waals surface area contributed by atoms with Crippen molar-refractivity contribution in [3.63, 3.8) is 0 Å². The Morgan fingerprint density at radius 1 is 1.38 bits per heavy atom. The van der Waals surface area contributed by atoms with Gasteiger partial charge in [0.05, 0.1) is 12.8 Å². The standard InChI is InChI=1S/C17H22N4O3/c1-23-14-4-2-12(3-5-14)11-19-17(22)21-8-6-13(7-9-21)15-10-16(18)24-20-15/h2-5,10,13H,6-9,11,18H2,1H3,(H,19,22). The van der Waals surface area contributed by atoms with Gasteiger partial charge in [0, 0.05) is 31.6 Å². The average Bonchev–Trinajstić information content (AvgIpc) is 3.06. The Kier molecular flexibility index (Phi) is 4.88. The molecule has 1 fully saturated rings. The Bertz CT molecular complexity index is 675. The van der Waals surface area contributed by atoms with E-state index < -0.39 is 0 Å². The van der Waals surface area contributed by atoms with Crippen LogP contribution in [0.3, 0.4) is 0 Å². The van der Waals surface area contributed by atoms with Gasteiger partial charge in [0.2, 0.25) is 5.88 Å². The number of methoxy groups -OCH3 is 1. The maximum absolute atomic E-state index is 12.3. The largest absolute Gasteiger partial charge is 0.497 e.